The molecule has 3 nitrogen and oxygen atoms in total. The summed E-state index contributed by atoms with van der Waals surface area (Å²) in [5.74, 6) is 0. The molecular weight excluding hydrogens is 173 g/mol. The second kappa shape index (κ2) is 9.40. The van der Waals surface area contributed by atoms with Gasteiger partial charge in [0.25, 0.3) is 0 Å². The second-order valence-electron chi connectivity index (χ2n) is 2.90. The Balaban J connectivity index is 2.82. The van der Waals surface area contributed by atoms with E-state index in [0.717, 1.165) is 6.42 Å². The van der Waals surface area contributed by atoms with E-state index in [4.69, 9.17) is 14.9 Å². The Morgan fingerprint density at radius 1 is 1.17 bits per heavy atom. The molecular formula is C8H20NO2P. The van der Waals surface area contributed by atoms with Crippen molar-refractivity contribution in [2.75, 3.05) is 6.61 Å². The molecule has 0 saturated carbocycles. The summed E-state index contributed by atoms with van der Waals surface area (Å²) in [5, 5.41) is 0. The van der Waals surface area contributed by atoms with Gasteiger partial charge in [-0.15, -0.1) is 0 Å². The maximum atomic E-state index is 8.61. The first-order valence-electron chi connectivity index (χ1n) is 4.64. The smallest absolute Gasteiger partial charge is 0.250 e. The fourth-order valence-corrected chi connectivity index (χ4v) is 1.36. The standard InChI is InChI=1S/C8H20NO2P/c1-2-3-4-5-6-7-8-11-12(9)10/h10H,2-9H2,1H3. The number of hydrogen-bond donors (Lipinski definition) is 2. The highest BCUT2D eigenvalue weighted by atomic mass is 31.2. The van der Waals surface area contributed by atoms with Gasteiger partial charge >= 0.3 is 0 Å². The molecule has 0 aromatic heterocycles. The third-order valence-corrected chi connectivity index (χ3v) is 2.17. The van der Waals surface area contributed by atoms with Gasteiger partial charge < -0.3 is 9.42 Å². The van der Waals surface area contributed by atoms with Gasteiger partial charge in [-0.1, -0.05) is 39.0 Å². The Labute approximate surface area is 76.3 Å². The molecule has 0 aliphatic carbocycles. The molecule has 0 aliphatic heterocycles. The first kappa shape index (κ1) is 12.3. The topological polar surface area (TPSA) is 55.5 Å². The summed E-state index contributed by atoms with van der Waals surface area (Å²) in [7, 11) is -1.63. The third kappa shape index (κ3) is 10.3. The van der Waals surface area contributed by atoms with Crippen molar-refractivity contribution in [1.29, 1.82) is 0 Å². The van der Waals surface area contributed by atoms with Gasteiger partial charge in [-0.2, -0.15) is 0 Å². The van der Waals surface area contributed by atoms with Gasteiger partial charge in [-0.05, 0) is 6.42 Å². The van der Waals surface area contributed by atoms with E-state index in [1.54, 1.807) is 0 Å². The van der Waals surface area contributed by atoms with Crippen molar-refractivity contribution in [2.24, 2.45) is 5.50 Å². The van der Waals surface area contributed by atoms with Crippen LogP contribution in [0, 0.1) is 0 Å². The van der Waals surface area contributed by atoms with Crippen LogP contribution in [-0.2, 0) is 4.52 Å². The number of nitrogens with two attached hydrogens (primary N) is 1. The summed E-state index contributed by atoms with van der Waals surface area (Å²) >= 11 is 0. The van der Waals surface area contributed by atoms with E-state index in [1.165, 1.54) is 32.1 Å². The molecule has 0 spiro atoms. The summed E-state index contributed by atoms with van der Waals surface area (Å²) in [6.45, 7) is 2.81. The highest BCUT2D eigenvalue weighted by molar-refractivity contribution is 7.43. The zero-order chi connectivity index (χ0) is 9.23. The lowest BCUT2D eigenvalue weighted by Crippen LogP contribution is -1.95. The lowest BCUT2D eigenvalue weighted by molar-refractivity contribution is 0.299. The van der Waals surface area contributed by atoms with Gasteiger partial charge in [0.1, 0.15) is 0 Å². The van der Waals surface area contributed by atoms with Crippen LogP contribution in [0.3, 0.4) is 0 Å². The van der Waals surface area contributed by atoms with E-state index in [0.29, 0.717) is 6.61 Å². The number of unbranched alkanes of at least 4 members (excludes halogenated alkanes) is 5. The summed E-state index contributed by atoms with van der Waals surface area (Å²) in [6, 6.07) is 0. The molecule has 0 radical (unpaired) electrons. The average molecular weight is 193 g/mol. The Kier molecular flexibility index (Phi) is 9.64. The molecule has 74 valence electrons. The molecule has 3 N–H and O–H groups in total. The van der Waals surface area contributed by atoms with Crippen LogP contribution >= 0.6 is 8.53 Å². The quantitative estimate of drug-likeness (QED) is 0.460. The summed E-state index contributed by atoms with van der Waals surface area (Å²) in [6.07, 6.45) is 7.38. The zero-order valence-corrected chi connectivity index (χ0v) is 8.72. The van der Waals surface area contributed by atoms with Gasteiger partial charge in [0.15, 0.2) is 0 Å². The normalized spacial score (nSPS) is 13.2. The predicted molar refractivity (Wildman–Crippen MR) is 52.7 cm³/mol. The first-order chi connectivity index (χ1) is 5.77. The molecule has 0 bridgehead atoms. The van der Waals surface area contributed by atoms with Gasteiger partial charge in [0, 0.05) is 0 Å². The molecule has 0 aromatic carbocycles. The third-order valence-electron chi connectivity index (χ3n) is 1.72. The Morgan fingerprint density at radius 2 is 1.75 bits per heavy atom. The molecule has 4 heteroatoms. The van der Waals surface area contributed by atoms with Crippen LogP contribution in [-0.4, -0.2) is 11.5 Å². The molecule has 1 atom stereocenters. The lowest BCUT2D eigenvalue weighted by atomic mass is 10.1. The minimum absolute atomic E-state index is 0.602. The second-order valence-corrected chi connectivity index (χ2v) is 3.77. The average Bonchev–Trinajstić information content (AvgIpc) is 2.02. The van der Waals surface area contributed by atoms with Crippen molar-refractivity contribution in [3.05, 3.63) is 0 Å². The van der Waals surface area contributed by atoms with E-state index < -0.39 is 8.53 Å². The van der Waals surface area contributed by atoms with Gasteiger partial charge in [0.2, 0.25) is 8.53 Å². The molecule has 1 unspecified atom stereocenters. The molecule has 0 aliphatic rings. The van der Waals surface area contributed by atoms with Crippen LogP contribution < -0.4 is 5.50 Å². The van der Waals surface area contributed by atoms with E-state index in [-0.39, 0.29) is 0 Å². The maximum Gasteiger partial charge on any atom is 0.250 e. The monoisotopic (exact) mass is 193 g/mol. The minimum atomic E-state index is -1.63. The maximum absolute atomic E-state index is 8.61. The molecule has 0 amide bonds. The highest BCUT2D eigenvalue weighted by Gasteiger charge is 1.95. The molecule has 0 saturated heterocycles. The van der Waals surface area contributed by atoms with E-state index in [9.17, 15) is 0 Å². The van der Waals surface area contributed by atoms with Crippen LogP contribution in [0.5, 0.6) is 0 Å². The summed E-state index contributed by atoms with van der Waals surface area (Å²) in [4.78, 5) is 8.61. The summed E-state index contributed by atoms with van der Waals surface area (Å²) < 4.78 is 4.85. The van der Waals surface area contributed by atoms with Crippen LogP contribution in [0.25, 0.3) is 0 Å². The largest absolute Gasteiger partial charge is 0.338 e. The van der Waals surface area contributed by atoms with Crippen LogP contribution in [0.4, 0.5) is 0 Å². The molecule has 12 heavy (non-hydrogen) atoms. The Morgan fingerprint density at radius 3 is 2.33 bits per heavy atom. The first-order valence-corrected chi connectivity index (χ1v) is 5.92. The fourth-order valence-electron chi connectivity index (χ4n) is 1.04. The van der Waals surface area contributed by atoms with Crippen molar-refractivity contribution in [3.63, 3.8) is 0 Å². The molecule has 0 fully saturated rings. The Hall–Kier alpha value is 0.310. The fraction of sp³-hybridized carbons (Fsp3) is 1.00. The van der Waals surface area contributed by atoms with Gasteiger partial charge in [-0.25, -0.2) is 0 Å². The molecule has 0 rings (SSSR count). The van der Waals surface area contributed by atoms with Crippen molar-refractivity contribution in [2.45, 2.75) is 45.4 Å². The Bertz CT molecular complexity index is 91.1. The summed E-state index contributed by atoms with van der Waals surface area (Å²) in [5.41, 5.74) is 5.05. The van der Waals surface area contributed by atoms with Crippen LogP contribution in [0.15, 0.2) is 0 Å². The van der Waals surface area contributed by atoms with Crippen LogP contribution in [0.1, 0.15) is 45.4 Å². The number of hydrogen-bond acceptors (Lipinski definition) is 3. The predicted octanol–water partition coefficient (Wildman–Crippen LogP) is 2.54. The zero-order valence-electron chi connectivity index (χ0n) is 7.83. The molecule has 0 heterocycles. The van der Waals surface area contributed by atoms with Crippen molar-refractivity contribution < 1.29 is 9.42 Å². The van der Waals surface area contributed by atoms with E-state index >= 15 is 0 Å². The lowest BCUT2D eigenvalue weighted by Gasteiger charge is -2.04. The van der Waals surface area contributed by atoms with Gasteiger partial charge in [0.05, 0.1) is 6.61 Å². The SMILES string of the molecule is CCCCCCCCOP(N)O. The molecule has 0 aromatic rings. The van der Waals surface area contributed by atoms with Crippen molar-refractivity contribution >= 4 is 8.53 Å². The van der Waals surface area contributed by atoms with Crippen molar-refractivity contribution in [3.8, 4) is 0 Å². The minimum Gasteiger partial charge on any atom is -0.338 e. The highest BCUT2D eigenvalue weighted by Crippen LogP contribution is 2.19. The van der Waals surface area contributed by atoms with Gasteiger partial charge in [-0.3, -0.25) is 5.50 Å². The van der Waals surface area contributed by atoms with E-state index in [2.05, 4.69) is 6.92 Å². The van der Waals surface area contributed by atoms with E-state index in [1.807, 2.05) is 0 Å². The van der Waals surface area contributed by atoms with Crippen molar-refractivity contribution in [1.82, 2.24) is 0 Å². The number of rotatable bonds is 8. The van der Waals surface area contributed by atoms with Crippen LogP contribution in [0.2, 0.25) is 0 Å².